The Morgan fingerprint density at radius 1 is 1.47 bits per heavy atom. The molecule has 0 aliphatic carbocycles. The van der Waals surface area contributed by atoms with Crippen LogP contribution in [0.15, 0.2) is 12.1 Å². The number of nitrogens with two attached hydrogens (primary N) is 1. The fraction of sp³-hybridized carbons (Fsp3) is 0.444. The van der Waals surface area contributed by atoms with Gasteiger partial charge in [0.2, 0.25) is 0 Å². The Bertz CT molecular complexity index is 322. The van der Waals surface area contributed by atoms with Gasteiger partial charge in [0.1, 0.15) is 11.0 Å². The topological polar surface area (TPSA) is 91.4 Å². The molecule has 0 aliphatic heterocycles. The van der Waals surface area contributed by atoms with Gasteiger partial charge in [-0.2, -0.15) is 0 Å². The summed E-state index contributed by atoms with van der Waals surface area (Å²) in [5, 5.41) is 21.3. The molecule has 0 radical (unpaired) electrons. The summed E-state index contributed by atoms with van der Waals surface area (Å²) in [6.45, 7) is 1.21. The molecule has 0 unspecified atom stereocenters. The summed E-state index contributed by atoms with van der Waals surface area (Å²) in [6, 6.07) is 3.09. The molecule has 0 atom stereocenters. The molecule has 6 heteroatoms. The largest absolute Gasteiger partial charge is 0.399 e. The summed E-state index contributed by atoms with van der Waals surface area (Å²) in [7, 11) is 0. The minimum absolute atomic E-state index is 0.225. The maximum absolute atomic E-state index is 9.07. The van der Waals surface area contributed by atoms with Gasteiger partial charge in [-0.1, -0.05) is 11.6 Å². The highest BCUT2D eigenvalue weighted by molar-refractivity contribution is 6.29. The predicted octanol–water partition coefficient (Wildman–Crippen LogP) is 0.472. The van der Waals surface area contributed by atoms with E-state index >= 15 is 0 Å². The van der Waals surface area contributed by atoms with Gasteiger partial charge in [0.25, 0.3) is 0 Å². The molecule has 1 rings (SSSR count). The van der Waals surface area contributed by atoms with Crippen molar-refractivity contribution in [1.82, 2.24) is 4.98 Å². The van der Waals surface area contributed by atoms with E-state index < -0.39 is 5.54 Å². The van der Waals surface area contributed by atoms with Crippen LogP contribution in [0.1, 0.15) is 6.92 Å². The lowest BCUT2D eigenvalue weighted by atomic mass is 10.1. The fourth-order valence-electron chi connectivity index (χ4n) is 1.02. The van der Waals surface area contributed by atoms with Crippen molar-refractivity contribution in [1.29, 1.82) is 0 Å². The maximum atomic E-state index is 9.07. The zero-order valence-electron chi connectivity index (χ0n) is 8.37. The van der Waals surface area contributed by atoms with Gasteiger partial charge < -0.3 is 21.3 Å². The molecule has 1 heterocycles. The third kappa shape index (κ3) is 3.23. The van der Waals surface area contributed by atoms with E-state index in [2.05, 4.69) is 10.3 Å². The second-order valence-electron chi connectivity index (χ2n) is 3.61. The number of hydrogen-bond donors (Lipinski definition) is 4. The molecule has 0 fully saturated rings. The molecule has 0 bridgehead atoms. The average molecular weight is 232 g/mol. The van der Waals surface area contributed by atoms with Gasteiger partial charge in [0.05, 0.1) is 18.8 Å². The summed E-state index contributed by atoms with van der Waals surface area (Å²) in [6.07, 6.45) is 0. The van der Waals surface area contributed by atoms with E-state index in [4.69, 9.17) is 27.5 Å². The van der Waals surface area contributed by atoms with Crippen molar-refractivity contribution >= 4 is 23.1 Å². The molecule has 15 heavy (non-hydrogen) atoms. The van der Waals surface area contributed by atoms with Crippen LogP contribution < -0.4 is 11.1 Å². The molecule has 0 aliphatic rings. The van der Waals surface area contributed by atoms with E-state index in [0.717, 1.165) is 0 Å². The molecule has 1 aromatic rings. The lowest BCUT2D eigenvalue weighted by Gasteiger charge is -2.26. The summed E-state index contributed by atoms with van der Waals surface area (Å²) in [5.41, 5.74) is 5.20. The minimum Gasteiger partial charge on any atom is -0.399 e. The number of halogens is 1. The number of pyridine rings is 1. The van der Waals surface area contributed by atoms with Crippen LogP contribution in [0.4, 0.5) is 11.5 Å². The van der Waals surface area contributed by atoms with E-state index in [9.17, 15) is 0 Å². The Balaban J connectivity index is 2.88. The lowest BCUT2D eigenvalue weighted by Crippen LogP contribution is -2.42. The van der Waals surface area contributed by atoms with Crippen molar-refractivity contribution in [3.63, 3.8) is 0 Å². The van der Waals surface area contributed by atoms with E-state index in [0.29, 0.717) is 11.5 Å². The number of nitrogen functional groups attached to an aromatic ring is 1. The Hall–Kier alpha value is -1.04. The Morgan fingerprint density at radius 3 is 2.53 bits per heavy atom. The fourth-order valence-corrected chi connectivity index (χ4v) is 1.24. The summed E-state index contributed by atoms with van der Waals surface area (Å²) >= 11 is 5.71. The van der Waals surface area contributed by atoms with Crippen molar-refractivity contribution in [3.8, 4) is 0 Å². The summed E-state index contributed by atoms with van der Waals surface area (Å²) in [4.78, 5) is 3.97. The van der Waals surface area contributed by atoms with Crippen LogP contribution >= 0.6 is 11.6 Å². The van der Waals surface area contributed by atoms with Crippen molar-refractivity contribution in [2.24, 2.45) is 0 Å². The van der Waals surface area contributed by atoms with Crippen LogP contribution in [0, 0.1) is 0 Å². The van der Waals surface area contributed by atoms with Gasteiger partial charge >= 0.3 is 0 Å². The smallest absolute Gasteiger partial charge is 0.133 e. The summed E-state index contributed by atoms with van der Waals surface area (Å²) < 4.78 is 0. The van der Waals surface area contributed by atoms with Gasteiger partial charge in [-0.3, -0.25) is 0 Å². The number of aliphatic hydroxyl groups excluding tert-OH is 2. The molecular weight excluding hydrogens is 218 g/mol. The highest BCUT2D eigenvalue weighted by Gasteiger charge is 2.22. The number of aliphatic hydroxyl groups is 2. The first kappa shape index (κ1) is 12.0. The first-order valence-electron chi connectivity index (χ1n) is 4.42. The van der Waals surface area contributed by atoms with Crippen LogP contribution in [0.2, 0.25) is 5.15 Å². The van der Waals surface area contributed by atoms with Crippen LogP contribution in [-0.4, -0.2) is 33.9 Å². The quantitative estimate of drug-likeness (QED) is 0.566. The predicted molar refractivity (Wildman–Crippen MR) is 59.9 cm³/mol. The molecule has 5 nitrogen and oxygen atoms in total. The Morgan fingerprint density at radius 2 is 2.07 bits per heavy atom. The number of aromatic nitrogens is 1. The molecule has 0 saturated heterocycles. The second-order valence-corrected chi connectivity index (χ2v) is 4.00. The second kappa shape index (κ2) is 4.65. The number of nitrogens with one attached hydrogen (secondary N) is 1. The molecule has 5 N–H and O–H groups in total. The van der Waals surface area contributed by atoms with Crippen LogP contribution in [0.5, 0.6) is 0 Å². The van der Waals surface area contributed by atoms with E-state index in [1.807, 2.05) is 0 Å². The van der Waals surface area contributed by atoms with Crippen molar-refractivity contribution < 1.29 is 10.2 Å². The Kier molecular flexibility index (Phi) is 3.73. The molecule has 0 aromatic carbocycles. The zero-order valence-corrected chi connectivity index (χ0v) is 9.12. The number of anilines is 2. The molecule has 1 aromatic heterocycles. The van der Waals surface area contributed by atoms with E-state index in [1.165, 1.54) is 6.07 Å². The Labute approximate surface area is 92.9 Å². The van der Waals surface area contributed by atoms with Gasteiger partial charge in [0, 0.05) is 11.8 Å². The number of rotatable bonds is 4. The molecule has 84 valence electrons. The normalized spacial score (nSPS) is 11.5. The average Bonchev–Trinajstić information content (AvgIpc) is 2.16. The number of hydrogen-bond acceptors (Lipinski definition) is 5. The maximum Gasteiger partial charge on any atom is 0.133 e. The monoisotopic (exact) mass is 231 g/mol. The highest BCUT2D eigenvalue weighted by Crippen LogP contribution is 2.19. The molecule has 0 amide bonds. The highest BCUT2D eigenvalue weighted by atomic mass is 35.5. The van der Waals surface area contributed by atoms with Crippen molar-refractivity contribution in [2.45, 2.75) is 12.5 Å². The summed E-state index contributed by atoms with van der Waals surface area (Å²) in [5.74, 6) is 0.422. The first-order valence-corrected chi connectivity index (χ1v) is 4.80. The standard InChI is InChI=1S/C9H14ClN3O2/c1-9(4-14,5-15)13-8-3-6(11)2-7(10)12-8/h2-3,14-15H,4-5H2,1H3,(H3,11,12,13). The van der Waals surface area contributed by atoms with Gasteiger partial charge in [-0.05, 0) is 13.0 Å². The van der Waals surface area contributed by atoms with Crippen molar-refractivity contribution in [2.75, 3.05) is 24.3 Å². The third-order valence-electron chi connectivity index (χ3n) is 1.94. The SMILES string of the molecule is CC(CO)(CO)Nc1cc(N)cc(Cl)n1. The van der Waals surface area contributed by atoms with Crippen LogP contribution in [-0.2, 0) is 0 Å². The van der Waals surface area contributed by atoms with Crippen LogP contribution in [0.25, 0.3) is 0 Å². The first-order chi connectivity index (χ1) is 6.99. The lowest BCUT2D eigenvalue weighted by molar-refractivity contribution is 0.147. The number of nitrogens with zero attached hydrogens (tertiary/aromatic N) is 1. The van der Waals surface area contributed by atoms with Gasteiger partial charge in [0.15, 0.2) is 0 Å². The third-order valence-corrected chi connectivity index (χ3v) is 2.14. The van der Waals surface area contributed by atoms with Gasteiger partial charge in [-0.15, -0.1) is 0 Å². The minimum atomic E-state index is -0.843. The molecule has 0 saturated carbocycles. The van der Waals surface area contributed by atoms with Crippen molar-refractivity contribution in [3.05, 3.63) is 17.3 Å². The molecule has 0 spiro atoms. The van der Waals surface area contributed by atoms with E-state index in [1.54, 1.807) is 13.0 Å². The zero-order chi connectivity index (χ0) is 11.5. The van der Waals surface area contributed by atoms with Gasteiger partial charge in [-0.25, -0.2) is 4.98 Å². The van der Waals surface area contributed by atoms with Crippen LogP contribution in [0.3, 0.4) is 0 Å². The van der Waals surface area contributed by atoms with E-state index in [-0.39, 0.29) is 18.4 Å². The molecular formula is C9H14ClN3O2.